The molecule has 1 amide bonds. The van der Waals surface area contributed by atoms with Gasteiger partial charge >= 0.3 is 0 Å². The van der Waals surface area contributed by atoms with Crippen LogP contribution in [0.1, 0.15) is 44.9 Å². The van der Waals surface area contributed by atoms with E-state index in [1.807, 2.05) is 18.2 Å². The zero-order valence-corrected chi connectivity index (χ0v) is 18.7. The Morgan fingerprint density at radius 2 is 1.87 bits per heavy atom. The predicted molar refractivity (Wildman–Crippen MR) is 116 cm³/mol. The largest absolute Gasteiger partial charge is 0.493 e. The number of carbonyl (C=O) groups excluding carboxylic acids is 1. The van der Waals surface area contributed by atoms with E-state index in [1.54, 1.807) is 14.2 Å². The van der Waals surface area contributed by atoms with Crippen LogP contribution < -0.4 is 9.47 Å². The smallest absolute Gasteiger partial charge is 0.241 e. The van der Waals surface area contributed by atoms with Crippen LogP contribution in [0.15, 0.2) is 22.7 Å². The number of benzene rings is 1. The Kier molecular flexibility index (Phi) is 6.75. The lowest BCUT2D eigenvalue weighted by Crippen LogP contribution is -2.47. The summed E-state index contributed by atoms with van der Waals surface area (Å²) in [4.78, 5) is 21.9. The van der Waals surface area contributed by atoms with Gasteiger partial charge in [-0.2, -0.15) is 4.98 Å². The van der Waals surface area contributed by atoms with Crippen LogP contribution in [-0.2, 0) is 11.3 Å². The number of aromatic nitrogens is 2. The second kappa shape index (κ2) is 9.68. The molecular formula is C23H32N4O4. The molecule has 0 spiro atoms. The summed E-state index contributed by atoms with van der Waals surface area (Å²) < 4.78 is 16.1. The molecule has 3 heterocycles. The van der Waals surface area contributed by atoms with Crippen LogP contribution in [0.4, 0.5) is 0 Å². The number of amides is 1. The van der Waals surface area contributed by atoms with Gasteiger partial charge in [0.05, 0.1) is 20.8 Å². The Hall–Kier alpha value is -2.61. The van der Waals surface area contributed by atoms with Crippen molar-refractivity contribution >= 4 is 5.91 Å². The third-order valence-corrected chi connectivity index (χ3v) is 6.49. The van der Waals surface area contributed by atoms with Gasteiger partial charge in [-0.25, -0.2) is 0 Å². The maximum Gasteiger partial charge on any atom is 0.241 e. The van der Waals surface area contributed by atoms with E-state index in [0.29, 0.717) is 41.7 Å². The standard InChI is InChI=1S/C23H32N4O4/c1-16-6-4-5-11-27(16)23(28)17-9-12-26(13-10-17)15-21-24-22(25-31-21)18-7-8-19(29-2)20(14-18)30-3/h7-8,14,16-17H,4-6,9-13,15H2,1-3H3/t16-/m1/s1. The zero-order chi connectivity index (χ0) is 21.8. The summed E-state index contributed by atoms with van der Waals surface area (Å²) in [7, 11) is 3.21. The van der Waals surface area contributed by atoms with Crippen molar-refractivity contribution in [2.75, 3.05) is 33.9 Å². The van der Waals surface area contributed by atoms with Gasteiger partial charge < -0.3 is 18.9 Å². The van der Waals surface area contributed by atoms with Crippen molar-refractivity contribution in [2.45, 2.75) is 51.6 Å². The lowest BCUT2D eigenvalue weighted by atomic mass is 9.93. The molecule has 2 aliphatic rings. The van der Waals surface area contributed by atoms with Gasteiger partial charge in [-0.15, -0.1) is 0 Å². The highest BCUT2D eigenvalue weighted by Gasteiger charge is 2.32. The van der Waals surface area contributed by atoms with E-state index in [1.165, 1.54) is 6.42 Å². The van der Waals surface area contributed by atoms with Crippen molar-refractivity contribution in [2.24, 2.45) is 5.92 Å². The quantitative estimate of drug-likeness (QED) is 0.698. The molecule has 1 aromatic carbocycles. The molecule has 2 aliphatic heterocycles. The normalized spacial score (nSPS) is 20.6. The molecular weight excluding hydrogens is 396 g/mol. The lowest BCUT2D eigenvalue weighted by molar-refractivity contribution is -0.140. The molecule has 0 bridgehead atoms. The minimum absolute atomic E-state index is 0.141. The molecule has 0 saturated carbocycles. The van der Waals surface area contributed by atoms with Crippen LogP contribution >= 0.6 is 0 Å². The highest BCUT2D eigenvalue weighted by Crippen LogP contribution is 2.31. The molecule has 8 heteroatoms. The van der Waals surface area contributed by atoms with E-state index in [0.717, 1.165) is 50.9 Å². The first kappa shape index (κ1) is 21.6. The van der Waals surface area contributed by atoms with Gasteiger partial charge in [0.1, 0.15) is 0 Å². The average molecular weight is 429 g/mol. The Labute approximate surface area is 183 Å². The van der Waals surface area contributed by atoms with E-state index >= 15 is 0 Å². The SMILES string of the molecule is COc1ccc(-c2noc(CN3CCC(C(=O)N4CCCC[C@H]4C)CC3)n2)cc1OC. The number of rotatable bonds is 6. The van der Waals surface area contributed by atoms with E-state index in [2.05, 4.69) is 26.9 Å². The van der Waals surface area contributed by atoms with Crippen molar-refractivity contribution in [3.8, 4) is 22.9 Å². The van der Waals surface area contributed by atoms with E-state index in [9.17, 15) is 4.79 Å². The fraction of sp³-hybridized carbons (Fsp3) is 0.609. The van der Waals surface area contributed by atoms with Gasteiger partial charge in [0.2, 0.25) is 17.6 Å². The Bertz CT molecular complexity index is 891. The number of nitrogens with zero attached hydrogens (tertiary/aromatic N) is 4. The third kappa shape index (κ3) is 4.84. The van der Waals surface area contributed by atoms with Crippen LogP contribution in [0.2, 0.25) is 0 Å². The van der Waals surface area contributed by atoms with Crippen LogP contribution in [-0.4, -0.2) is 65.7 Å². The van der Waals surface area contributed by atoms with Crippen LogP contribution in [0.25, 0.3) is 11.4 Å². The minimum atomic E-state index is 0.141. The zero-order valence-electron chi connectivity index (χ0n) is 18.7. The van der Waals surface area contributed by atoms with Gasteiger partial charge in [-0.1, -0.05) is 5.16 Å². The molecule has 2 aromatic rings. The molecule has 8 nitrogen and oxygen atoms in total. The fourth-order valence-corrected chi connectivity index (χ4v) is 4.60. The maximum absolute atomic E-state index is 12.9. The Balaban J connectivity index is 1.32. The number of carbonyl (C=O) groups is 1. The molecule has 2 fully saturated rings. The van der Waals surface area contributed by atoms with Gasteiger partial charge in [0, 0.05) is 24.1 Å². The number of likely N-dealkylation sites (tertiary alicyclic amines) is 2. The molecule has 1 aromatic heterocycles. The number of piperidine rings is 2. The van der Waals surface area contributed by atoms with Crippen molar-refractivity contribution in [1.82, 2.24) is 19.9 Å². The maximum atomic E-state index is 12.9. The first-order chi connectivity index (χ1) is 15.1. The molecule has 0 aliphatic carbocycles. The van der Waals surface area contributed by atoms with Crippen LogP contribution in [0.3, 0.4) is 0 Å². The summed E-state index contributed by atoms with van der Waals surface area (Å²) in [6.45, 7) is 5.43. The van der Waals surface area contributed by atoms with Gasteiger partial charge in [-0.05, 0) is 70.3 Å². The molecule has 0 unspecified atom stereocenters. The third-order valence-electron chi connectivity index (χ3n) is 6.49. The second-order valence-corrected chi connectivity index (χ2v) is 8.51. The summed E-state index contributed by atoms with van der Waals surface area (Å²) in [6.07, 6.45) is 5.27. The first-order valence-corrected chi connectivity index (χ1v) is 11.2. The molecule has 4 rings (SSSR count). The van der Waals surface area contributed by atoms with E-state index < -0.39 is 0 Å². The predicted octanol–water partition coefficient (Wildman–Crippen LogP) is 3.37. The van der Waals surface area contributed by atoms with E-state index in [4.69, 9.17) is 14.0 Å². The molecule has 0 radical (unpaired) electrons. The first-order valence-electron chi connectivity index (χ1n) is 11.2. The molecule has 168 valence electrons. The van der Waals surface area contributed by atoms with Crippen molar-refractivity contribution < 1.29 is 18.8 Å². The summed E-state index contributed by atoms with van der Waals surface area (Å²) >= 11 is 0. The van der Waals surface area contributed by atoms with Crippen molar-refractivity contribution in [1.29, 1.82) is 0 Å². The van der Waals surface area contributed by atoms with Crippen molar-refractivity contribution in [3.05, 3.63) is 24.1 Å². The number of hydrogen-bond acceptors (Lipinski definition) is 7. The Morgan fingerprint density at radius 1 is 1.10 bits per heavy atom. The summed E-state index contributed by atoms with van der Waals surface area (Å²) in [6, 6.07) is 5.93. The molecule has 31 heavy (non-hydrogen) atoms. The van der Waals surface area contributed by atoms with Gasteiger partial charge in [0.25, 0.3) is 0 Å². The Morgan fingerprint density at radius 3 is 2.58 bits per heavy atom. The summed E-state index contributed by atoms with van der Waals surface area (Å²) in [5.41, 5.74) is 0.813. The summed E-state index contributed by atoms with van der Waals surface area (Å²) in [5, 5.41) is 4.13. The molecule has 1 atom stereocenters. The summed E-state index contributed by atoms with van der Waals surface area (Å²) in [5.74, 6) is 2.88. The number of ether oxygens (including phenoxy) is 2. The van der Waals surface area contributed by atoms with Gasteiger partial charge in [-0.3, -0.25) is 9.69 Å². The lowest BCUT2D eigenvalue weighted by Gasteiger charge is -2.38. The van der Waals surface area contributed by atoms with E-state index in [-0.39, 0.29) is 5.92 Å². The topological polar surface area (TPSA) is 80.9 Å². The molecule has 0 N–H and O–H groups in total. The average Bonchev–Trinajstić information content (AvgIpc) is 3.27. The van der Waals surface area contributed by atoms with Gasteiger partial charge in [0.15, 0.2) is 11.5 Å². The monoisotopic (exact) mass is 428 g/mol. The van der Waals surface area contributed by atoms with Crippen LogP contribution in [0.5, 0.6) is 11.5 Å². The van der Waals surface area contributed by atoms with Crippen molar-refractivity contribution in [3.63, 3.8) is 0 Å². The molecule has 2 saturated heterocycles. The highest BCUT2D eigenvalue weighted by atomic mass is 16.5. The number of methoxy groups -OCH3 is 2. The number of hydrogen-bond donors (Lipinski definition) is 0. The fourth-order valence-electron chi connectivity index (χ4n) is 4.60. The minimum Gasteiger partial charge on any atom is -0.493 e. The highest BCUT2D eigenvalue weighted by molar-refractivity contribution is 5.79. The van der Waals surface area contributed by atoms with Crippen LogP contribution in [0, 0.1) is 5.92 Å². The second-order valence-electron chi connectivity index (χ2n) is 8.51.